The molecule has 1 unspecified atom stereocenters. The molecule has 2 aromatic carbocycles. The van der Waals surface area contributed by atoms with Crippen molar-refractivity contribution in [2.75, 3.05) is 14.2 Å². The Morgan fingerprint density at radius 3 is 2.03 bits per heavy atom. The lowest BCUT2D eigenvalue weighted by molar-refractivity contribution is -0.151. The minimum Gasteiger partial charge on any atom is -0.473 e. The molecule has 6 nitrogen and oxygen atoms in total. The van der Waals surface area contributed by atoms with Gasteiger partial charge in [0.25, 0.3) is 0 Å². The van der Waals surface area contributed by atoms with Gasteiger partial charge in [-0.15, -0.1) is 0 Å². The van der Waals surface area contributed by atoms with Crippen LogP contribution in [-0.2, 0) is 23.8 Å². The van der Waals surface area contributed by atoms with Gasteiger partial charge in [-0.3, -0.25) is 4.79 Å². The van der Waals surface area contributed by atoms with Gasteiger partial charge >= 0.3 is 11.9 Å². The first-order valence-electron chi connectivity index (χ1n) is 10.2. The average molecular weight is 434 g/mol. The quantitative estimate of drug-likeness (QED) is 0.519. The van der Waals surface area contributed by atoms with Crippen LogP contribution in [0.15, 0.2) is 53.6 Å². The summed E-state index contributed by atoms with van der Waals surface area (Å²) in [6.45, 7) is 7.63. The Labute approximate surface area is 187 Å². The highest BCUT2D eigenvalue weighted by molar-refractivity contribution is 6.18. The number of carbonyl (C=O) groups excluding carboxylic acids is 3. The minimum atomic E-state index is -1.43. The lowest BCUT2D eigenvalue weighted by atomic mass is 9.89. The molecule has 0 saturated heterocycles. The lowest BCUT2D eigenvalue weighted by Crippen LogP contribution is -2.35. The van der Waals surface area contributed by atoms with E-state index in [1.54, 1.807) is 6.07 Å². The summed E-state index contributed by atoms with van der Waals surface area (Å²) in [7, 11) is 2.38. The third kappa shape index (κ3) is 4.35. The van der Waals surface area contributed by atoms with E-state index in [0.717, 1.165) is 22.3 Å². The summed E-state index contributed by atoms with van der Waals surface area (Å²) in [6, 6.07) is 11.2. The largest absolute Gasteiger partial charge is 0.473 e. The zero-order valence-corrected chi connectivity index (χ0v) is 19.1. The summed E-state index contributed by atoms with van der Waals surface area (Å²) in [5, 5.41) is 0. The third-order valence-electron chi connectivity index (χ3n) is 5.41. The third-order valence-corrected chi connectivity index (χ3v) is 5.41. The number of hydrogen-bond acceptors (Lipinski definition) is 6. The molecule has 0 saturated carbocycles. The maximum Gasteiger partial charge on any atom is 0.352 e. The molecule has 2 aromatic rings. The molecule has 0 fully saturated rings. The monoisotopic (exact) mass is 434 g/mol. The summed E-state index contributed by atoms with van der Waals surface area (Å²) >= 11 is 0. The van der Waals surface area contributed by atoms with Crippen LogP contribution in [0.2, 0.25) is 0 Å². The number of methoxy groups -OCH3 is 2. The summed E-state index contributed by atoms with van der Waals surface area (Å²) in [4.78, 5) is 38.9. The van der Waals surface area contributed by atoms with Crippen LogP contribution in [0.5, 0.6) is 0 Å². The zero-order chi connectivity index (χ0) is 23.6. The standard InChI is InChI=1S/C26H26O6/c1-14-7-9-18(16(3)11-14)21-13-20(23(27)19-10-8-15(2)12-17(19)4)22(25(28)30-5)24(32-21)26(29)31-6/h7-13,24H,1-6H3. The van der Waals surface area contributed by atoms with Gasteiger partial charge in [-0.25, -0.2) is 9.59 Å². The van der Waals surface area contributed by atoms with Crippen LogP contribution in [0.4, 0.5) is 0 Å². The molecule has 6 heteroatoms. The highest BCUT2D eigenvalue weighted by atomic mass is 16.6. The van der Waals surface area contributed by atoms with Crippen LogP contribution in [0.1, 0.15) is 38.2 Å². The highest BCUT2D eigenvalue weighted by Crippen LogP contribution is 2.34. The normalized spacial score (nSPS) is 15.6. The molecule has 0 radical (unpaired) electrons. The number of ether oxygens (including phenoxy) is 3. The molecule has 0 aromatic heterocycles. The first kappa shape index (κ1) is 23.0. The fourth-order valence-electron chi connectivity index (χ4n) is 3.80. The van der Waals surface area contributed by atoms with Gasteiger partial charge < -0.3 is 14.2 Å². The topological polar surface area (TPSA) is 78.9 Å². The number of carbonyl (C=O) groups is 3. The van der Waals surface area contributed by atoms with Gasteiger partial charge in [-0.1, -0.05) is 47.5 Å². The van der Waals surface area contributed by atoms with E-state index in [1.807, 2.05) is 58.0 Å². The van der Waals surface area contributed by atoms with Gasteiger partial charge in [0.2, 0.25) is 6.10 Å². The van der Waals surface area contributed by atoms with Crippen LogP contribution >= 0.6 is 0 Å². The Morgan fingerprint density at radius 2 is 1.47 bits per heavy atom. The Bertz CT molecular complexity index is 1170. The first-order valence-corrected chi connectivity index (χ1v) is 10.2. The number of aryl methyl sites for hydroxylation is 4. The second-order valence-electron chi connectivity index (χ2n) is 7.81. The molecule has 3 rings (SSSR count). The fourth-order valence-corrected chi connectivity index (χ4v) is 3.80. The van der Waals surface area contributed by atoms with Crippen LogP contribution < -0.4 is 0 Å². The van der Waals surface area contributed by atoms with E-state index < -0.39 is 23.8 Å². The second-order valence-corrected chi connectivity index (χ2v) is 7.81. The Balaban J connectivity index is 2.28. The SMILES string of the molecule is COC(=O)C1=C(C(=O)c2ccc(C)cc2C)C=C(c2ccc(C)cc2C)OC1C(=O)OC. The van der Waals surface area contributed by atoms with E-state index in [9.17, 15) is 14.4 Å². The number of ketones is 1. The molecule has 0 amide bonds. The molecule has 0 N–H and O–H groups in total. The number of allylic oxidation sites excluding steroid dienone is 2. The van der Waals surface area contributed by atoms with Crippen molar-refractivity contribution >= 4 is 23.5 Å². The molecule has 0 aliphatic carbocycles. The van der Waals surface area contributed by atoms with Gasteiger partial charge in [-0.2, -0.15) is 0 Å². The van der Waals surface area contributed by atoms with E-state index >= 15 is 0 Å². The van der Waals surface area contributed by atoms with Crippen molar-refractivity contribution in [3.63, 3.8) is 0 Å². The predicted molar refractivity (Wildman–Crippen MR) is 120 cm³/mol. The zero-order valence-electron chi connectivity index (χ0n) is 19.1. The van der Waals surface area contributed by atoms with E-state index in [2.05, 4.69) is 0 Å². The van der Waals surface area contributed by atoms with Crippen LogP contribution in [-0.4, -0.2) is 38.0 Å². The van der Waals surface area contributed by atoms with Crippen molar-refractivity contribution in [3.05, 3.63) is 87.0 Å². The maximum atomic E-state index is 13.6. The summed E-state index contributed by atoms with van der Waals surface area (Å²) < 4.78 is 15.7. The Kier molecular flexibility index (Phi) is 6.63. The van der Waals surface area contributed by atoms with Crippen molar-refractivity contribution < 1.29 is 28.6 Å². The van der Waals surface area contributed by atoms with E-state index in [0.29, 0.717) is 16.9 Å². The molecule has 0 bridgehead atoms. The van der Waals surface area contributed by atoms with Crippen molar-refractivity contribution in [1.29, 1.82) is 0 Å². The maximum absolute atomic E-state index is 13.6. The number of esters is 2. The number of rotatable bonds is 5. The molecule has 166 valence electrons. The number of Topliss-reactive ketones (excluding diaryl/α,β-unsaturated/α-hetero) is 1. The minimum absolute atomic E-state index is 0.0421. The molecule has 1 aliphatic heterocycles. The molecule has 32 heavy (non-hydrogen) atoms. The molecule has 0 spiro atoms. The van der Waals surface area contributed by atoms with E-state index in [1.165, 1.54) is 20.3 Å². The molecule has 1 aliphatic rings. The first-order chi connectivity index (χ1) is 15.2. The van der Waals surface area contributed by atoms with Crippen molar-refractivity contribution in [2.24, 2.45) is 0 Å². The van der Waals surface area contributed by atoms with Crippen molar-refractivity contribution in [2.45, 2.75) is 33.8 Å². The van der Waals surface area contributed by atoms with Gasteiger partial charge in [0.1, 0.15) is 11.3 Å². The lowest BCUT2D eigenvalue weighted by Gasteiger charge is -2.27. The van der Waals surface area contributed by atoms with Gasteiger partial charge in [0.15, 0.2) is 5.78 Å². The van der Waals surface area contributed by atoms with E-state index in [-0.39, 0.29) is 11.1 Å². The molecular formula is C26H26O6. The molecule has 1 atom stereocenters. The summed E-state index contributed by atoms with van der Waals surface area (Å²) in [5.41, 5.74) is 4.72. The number of hydrogen-bond donors (Lipinski definition) is 0. The smallest absolute Gasteiger partial charge is 0.352 e. The Hall–Kier alpha value is -3.67. The second kappa shape index (κ2) is 9.22. The highest BCUT2D eigenvalue weighted by Gasteiger charge is 2.40. The van der Waals surface area contributed by atoms with Crippen molar-refractivity contribution in [3.8, 4) is 0 Å². The molecular weight excluding hydrogens is 408 g/mol. The van der Waals surface area contributed by atoms with Crippen LogP contribution in [0, 0.1) is 27.7 Å². The van der Waals surface area contributed by atoms with E-state index in [4.69, 9.17) is 14.2 Å². The Morgan fingerprint density at radius 1 is 0.844 bits per heavy atom. The summed E-state index contributed by atoms with van der Waals surface area (Å²) in [6.07, 6.45) is 0.0724. The fraction of sp³-hybridized carbons (Fsp3) is 0.269. The average Bonchev–Trinajstić information content (AvgIpc) is 2.76. The van der Waals surface area contributed by atoms with Crippen molar-refractivity contribution in [1.82, 2.24) is 0 Å². The van der Waals surface area contributed by atoms with Crippen LogP contribution in [0.25, 0.3) is 5.76 Å². The van der Waals surface area contributed by atoms with Crippen LogP contribution in [0.3, 0.4) is 0 Å². The predicted octanol–water partition coefficient (Wildman–Crippen LogP) is 4.19. The van der Waals surface area contributed by atoms with Gasteiger partial charge in [0.05, 0.1) is 14.2 Å². The van der Waals surface area contributed by atoms with Gasteiger partial charge in [-0.05, 0) is 44.9 Å². The molecule has 1 heterocycles. The van der Waals surface area contributed by atoms with Gasteiger partial charge in [0, 0.05) is 16.7 Å². The summed E-state index contributed by atoms with van der Waals surface area (Å²) in [5.74, 6) is -1.72. The number of benzene rings is 2.